The zero-order chi connectivity index (χ0) is 18.1. The van der Waals surface area contributed by atoms with Crippen LogP contribution in [0.3, 0.4) is 0 Å². The maximum absolute atomic E-state index is 9.35. The molecule has 0 amide bonds. The van der Waals surface area contributed by atoms with Crippen molar-refractivity contribution < 1.29 is 4.74 Å². The van der Waals surface area contributed by atoms with E-state index in [4.69, 9.17) is 10.5 Å². The molecule has 2 atom stereocenters. The van der Waals surface area contributed by atoms with Crippen LogP contribution >= 0.6 is 0 Å². The predicted octanol–water partition coefficient (Wildman–Crippen LogP) is 2.21. The molecule has 0 radical (unpaired) electrons. The second-order valence-corrected chi connectivity index (χ2v) is 7.09. The topological polar surface area (TPSA) is 78.4 Å². The van der Waals surface area contributed by atoms with Crippen molar-refractivity contribution in [2.24, 2.45) is 5.73 Å². The molecule has 2 aromatic rings. The molecule has 3 heterocycles. The van der Waals surface area contributed by atoms with Crippen LogP contribution in [-0.2, 0) is 4.74 Å². The second-order valence-electron chi connectivity index (χ2n) is 7.09. The van der Waals surface area contributed by atoms with E-state index in [1.165, 1.54) is 0 Å². The maximum atomic E-state index is 9.35. The van der Waals surface area contributed by atoms with Crippen LogP contribution in [0.25, 0.3) is 10.9 Å². The third kappa shape index (κ3) is 3.18. The number of fused-ring (bicyclic) bond motifs is 1. The van der Waals surface area contributed by atoms with Crippen LogP contribution in [0.4, 0.5) is 5.69 Å². The Labute approximate surface area is 153 Å². The summed E-state index contributed by atoms with van der Waals surface area (Å²) in [6.07, 6.45) is 4.96. The third-order valence-corrected chi connectivity index (χ3v) is 4.97. The molecule has 2 N–H and O–H groups in total. The predicted molar refractivity (Wildman–Crippen MR) is 101 cm³/mol. The fourth-order valence-electron chi connectivity index (χ4n) is 3.81. The molecule has 0 aliphatic carbocycles. The number of pyridine rings is 1. The first-order chi connectivity index (χ1) is 12.6. The maximum Gasteiger partial charge on any atom is 0.132 e. The number of nitriles is 1. The van der Waals surface area contributed by atoms with Crippen LogP contribution in [-0.4, -0.2) is 48.2 Å². The molecule has 2 saturated heterocycles. The summed E-state index contributed by atoms with van der Waals surface area (Å²) in [5.74, 6) is 0.958. The van der Waals surface area contributed by atoms with Crippen molar-refractivity contribution in [2.45, 2.75) is 25.5 Å². The van der Waals surface area contributed by atoms with Crippen molar-refractivity contribution in [2.75, 3.05) is 31.1 Å². The number of aromatic nitrogens is 1. The minimum Gasteiger partial charge on any atom is -0.490 e. The Morgan fingerprint density at radius 2 is 2.23 bits per heavy atom. The lowest BCUT2D eigenvalue weighted by Gasteiger charge is -2.36. The van der Waals surface area contributed by atoms with E-state index < -0.39 is 0 Å². The highest BCUT2D eigenvalue weighted by molar-refractivity contribution is 5.95. The summed E-state index contributed by atoms with van der Waals surface area (Å²) >= 11 is 0. The molecule has 2 aliphatic heterocycles. The Balaban J connectivity index is 1.66. The quantitative estimate of drug-likeness (QED) is 0.895. The van der Waals surface area contributed by atoms with Crippen LogP contribution < -0.4 is 10.6 Å². The fourth-order valence-corrected chi connectivity index (χ4v) is 3.81. The average molecular weight is 349 g/mol. The molecule has 6 heteroatoms. The van der Waals surface area contributed by atoms with Crippen molar-refractivity contribution in [1.29, 1.82) is 5.26 Å². The lowest BCUT2D eigenvalue weighted by molar-refractivity contribution is 0.108. The van der Waals surface area contributed by atoms with Gasteiger partial charge >= 0.3 is 0 Å². The molecule has 6 nitrogen and oxygen atoms in total. The number of morpholine rings is 1. The first-order valence-electron chi connectivity index (χ1n) is 9.04. The van der Waals surface area contributed by atoms with Crippen LogP contribution in [0.15, 0.2) is 42.4 Å². The van der Waals surface area contributed by atoms with Crippen molar-refractivity contribution in [1.82, 2.24) is 9.88 Å². The summed E-state index contributed by atoms with van der Waals surface area (Å²) in [6, 6.07) is 10.3. The summed E-state index contributed by atoms with van der Waals surface area (Å²) < 4.78 is 6.06. The van der Waals surface area contributed by atoms with Crippen molar-refractivity contribution in [3.8, 4) is 6.07 Å². The highest BCUT2D eigenvalue weighted by atomic mass is 16.5. The molecule has 1 aromatic heterocycles. The Bertz CT molecular complexity index is 887. The molecule has 2 fully saturated rings. The van der Waals surface area contributed by atoms with Gasteiger partial charge in [0.2, 0.25) is 0 Å². The van der Waals surface area contributed by atoms with Gasteiger partial charge in [-0.25, -0.2) is 0 Å². The van der Waals surface area contributed by atoms with Gasteiger partial charge in [0.05, 0.1) is 24.2 Å². The Morgan fingerprint density at radius 3 is 3.00 bits per heavy atom. The molecule has 26 heavy (non-hydrogen) atoms. The Hall–Kier alpha value is -2.78. The van der Waals surface area contributed by atoms with Crippen LogP contribution in [0.2, 0.25) is 0 Å². The molecule has 134 valence electrons. The van der Waals surface area contributed by atoms with Gasteiger partial charge in [-0.05, 0) is 37.6 Å². The van der Waals surface area contributed by atoms with Crippen LogP contribution in [0, 0.1) is 11.3 Å². The smallest absolute Gasteiger partial charge is 0.132 e. The van der Waals surface area contributed by atoms with Crippen molar-refractivity contribution in [3.63, 3.8) is 0 Å². The fraction of sp³-hybridized carbons (Fsp3) is 0.400. The number of nitrogens with two attached hydrogens (primary N) is 1. The van der Waals surface area contributed by atoms with Gasteiger partial charge < -0.3 is 20.3 Å². The number of ether oxygens (including phenoxy) is 1. The van der Waals surface area contributed by atoms with Gasteiger partial charge in [-0.15, -0.1) is 0 Å². The van der Waals surface area contributed by atoms with Gasteiger partial charge in [0, 0.05) is 42.6 Å². The molecule has 4 rings (SSSR count). The Morgan fingerprint density at radius 1 is 1.35 bits per heavy atom. The summed E-state index contributed by atoms with van der Waals surface area (Å²) in [4.78, 5) is 8.97. The van der Waals surface area contributed by atoms with E-state index in [0.717, 1.165) is 48.4 Å². The van der Waals surface area contributed by atoms with E-state index in [9.17, 15) is 5.26 Å². The third-order valence-electron chi connectivity index (χ3n) is 4.97. The van der Waals surface area contributed by atoms with Gasteiger partial charge in [0.25, 0.3) is 0 Å². The number of rotatable bonds is 2. The molecule has 0 saturated carbocycles. The van der Waals surface area contributed by atoms with E-state index in [1.54, 1.807) is 6.20 Å². The van der Waals surface area contributed by atoms with E-state index in [1.807, 2.05) is 24.3 Å². The molecular formula is C20H23N5O. The molecular weight excluding hydrogens is 326 g/mol. The highest BCUT2D eigenvalue weighted by Crippen LogP contribution is 2.31. The number of benzene rings is 1. The lowest BCUT2D eigenvalue weighted by Crippen LogP contribution is -2.40. The van der Waals surface area contributed by atoms with Crippen LogP contribution in [0.5, 0.6) is 0 Å². The molecule has 1 aromatic carbocycles. The normalized spacial score (nSPS) is 24.7. The summed E-state index contributed by atoms with van der Waals surface area (Å²) in [5.41, 5.74) is 8.46. The summed E-state index contributed by atoms with van der Waals surface area (Å²) in [6.45, 7) is 5.44. The van der Waals surface area contributed by atoms with E-state index in [-0.39, 0.29) is 12.1 Å². The monoisotopic (exact) mass is 349 g/mol. The van der Waals surface area contributed by atoms with E-state index >= 15 is 0 Å². The number of hydrogen-bond acceptors (Lipinski definition) is 6. The van der Waals surface area contributed by atoms with Crippen molar-refractivity contribution in [3.05, 3.63) is 48.0 Å². The number of anilines is 1. The largest absolute Gasteiger partial charge is 0.490 e. The van der Waals surface area contributed by atoms with Crippen molar-refractivity contribution >= 4 is 16.6 Å². The van der Waals surface area contributed by atoms with Gasteiger partial charge in [-0.1, -0.05) is 0 Å². The molecule has 0 spiro atoms. The van der Waals surface area contributed by atoms with E-state index in [2.05, 4.69) is 34.0 Å². The van der Waals surface area contributed by atoms with Gasteiger partial charge in [-0.3, -0.25) is 4.98 Å². The van der Waals surface area contributed by atoms with Gasteiger partial charge in [0.1, 0.15) is 17.9 Å². The first kappa shape index (κ1) is 16.7. The zero-order valence-corrected chi connectivity index (χ0v) is 14.9. The number of nitrogens with zero attached hydrogens (tertiary/aromatic N) is 4. The molecule has 2 aliphatic rings. The molecule has 2 unspecified atom stereocenters. The Kier molecular flexibility index (Phi) is 4.39. The average Bonchev–Trinajstić information content (AvgIpc) is 3.05. The SMILES string of the molecule is CC1CN(c2ccc(C#N)c3ncccc23)C/C(=C\N2CCC(N)C2)O1. The standard InChI is InChI=1S/C20H23N5O/c1-14-10-25(13-17(26-14)12-24-8-6-16(22)11-24)19-5-4-15(9-21)20-18(19)3-2-7-23-20/h2-5,7,12,14,16H,6,8,10-11,13,22H2,1H3/b17-12+. The minimum absolute atomic E-state index is 0.0913. The number of hydrogen-bond donors (Lipinski definition) is 1. The zero-order valence-electron chi connectivity index (χ0n) is 14.9. The van der Waals surface area contributed by atoms with Gasteiger partial charge in [-0.2, -0.15) is 5.26 Å². The lowest BCUT2D eigenvalue weighted by atomic mass is 10.1. The number of likely N-dealkylation sites (tertiary alicyclic amines) is 1. The summed E-state index contributed by atoms with van der Waals surface area (Å²) in [5, 5.41) is 10.4. The second kappa shape index (κ2) is 6.85. The first-order valence-corrected chi connectivity index (χ1v) is 9.04. The van der Waals surface area contributed by atoms with Gasteiger partial charge in [0.15, 0.2) is 0 Å². The minimum atomic E-state index is 0.0913. The van der Waals surface area contributed by atoms with Crippen LogP contribution in [0.1, 0.15) is 18.9 Å². The summed E-state index contributed by atoms with van der Waals surface area (Å²) in [7, 11) is 0. The highest BCUT2D eigenvalue weighted by Gasteiger charge is 2.25. The molecule has 0 bridgehead atoms. The van der Waals surface area contributed by atoms with E-state index in [0.29, 0.717) is 12.1 Å².